The van der Waals surface area contributed by atoms with E-state index in [1.807, 2.05) is 7.05 Å². The maximum absolute atomic E-state index is 5.83. The second-order valence-electron chi connectivity index (χ2n) is 4.36. The largest absolute Gasteiger partial charge is 0.385 e. The van der Waals surface area contributed by atoms with Crippen LogP contribution in [-0.4, -0.2) is 39.5 Å². The number of nitrogens with one attached hydrogen (secondary N) is 1. The lowest BCUT2D eigenvalue weighted by Crippen LogP contribution is -2.44. The van der Waals surface area contributed by atoms with Gasteiger partial charge in [-0.2, -0.15) is 0 Å². The zero-order valence-electron chi connectivity index (χ0n) is 11.6. The van der Waals surface area contributed by atoms with E-state index < -0.39 is 0 Å². The smallest absolute Gasteiger partial charge is 0.0730 e. The first-order valence-corrected chi connectivity index (χ1v) is 6.48. The Morgan fingerprint density at radius 3 is 2.31 bits per heavy atom. The summed E-state index contributed by atoms with van der Waals surface area (Å²) in [5, 5.41) is 3.40. The van der Waals surface area contributed by atoms with Gasteiger partial charge in [0.2, 0.25) is 0 Å². The van der Waals surface area contributed by atoms with Gasteiger partial charge in [-0.15, -0.1) is 0 Å². The van der Waals surface area contributed by atoms with Crippen LogP contribution < -0.4 is 5.32 Å². The lowest BCUT2D eigenvalue weighted by molar-refractivity contribution is 0.0117. The second-order valence-corrected chi connectivity index (χ2v) is 4.36. The normalized spacial score (nSPS) is 17.1. The SMILES string of the molecule is CCCC(OCC)C(NC)C(C)CCOC. The van der Waals surface area contributed by atoms with Crippen LogP contribution in [0.15, 0.2) is 0 Å². The third-order valence-corrected chi connectivity index (χ3v) is 3.08. The van der Waals surface area contributed by atoms with Crippen molar-refractivity contribution in [1.29, 1.82) is 0 Å². The zero-order valence-corrected chi connectivity index (χ0v) is 11.6. The van der Waals surface area contributed by atoms with Crippen molar-refractivity contribution in [2.75, 3.05) is 27.4 Å². The molecule has 0 heterocycles. The molecule has 0 aliphatic carbocycles. The Labute approximate surface area is 101 Å². The highest BCUT2D eigenvalue weighted by atomic mass is 16.5. The Morgan fingerprint density at radius 2 is 1.88 bits per heavy atom. The van der Waals surface area contributed by atoms with Crippen molar-refractivity contribution in [2.24, 2.45) is 5.92 Å². The molecule has 3 nitrogen and oxygen atoms in total. The number of ether oxygens (including phenoxy) is 2. The first kappa shape index (κ1) is 15.9. The van der Waals surface area contributed by atoms with Crippen molar-refractivity contribution in [3.05, 3.63) is 0 Å². The predicted octanol–water partition coefficient (Wildman–Crippen LogP) is 2.45. The summed E-state index contributed by atoms with van der Waals surface area (Å²) in [6.45, 7) is 8.15. The van der Waals surface area contributed by atoms with E-state index in [1.54, 1.807) is 7.11 Å². The van der Waals surface area contributed by atoms with Crippen LogP contribution in [-0.2, 0) is 9.47 Å². The molecule has 3 unspecified atom stereocenters. The number of hydrogen-bond donors (Lipinski definition) is 1. The van der Waals surface area contributed by atoms with E-state index in [0.29, 0.717) is 18.1 Å². The Balaban J connectivity index is 4.26. The van der Waals surface area contributed by atoms with Crippen LogP contribution in [0, 0.1) is 5.92 Å². The summed E-state index contributed by atoms with van der Waals surface area (Å²) in [6, 6.07) is 0.426. The van der Waals surface area contributed by atoms with Gasteiger partial charge in [0.1, 0.15) is 0 Å². The third kappa shape index (κ3) is 5.83. The van der Waals surface area contributed by atoms with Crippen molar-refractivity contribution in [3.8, 4) is 0 Å². The fraction of sp³-hybridized carbons (Fsp3) is 1.00. The van der Waals surface area contributed by atoms with Gasteiger partial charge in [0.25, 0.3) is 0 Å². The number of rotatable bonds is 10. The first-order chi connectivity index (χ1) is 7.71. The Morgan fingerprint density at radius 1 is 1.19 bits per heavy atom. The first-order valence-electron chi connectivity index (χ1n) is 6.48. The summed E-state index contributed by atoms with van der Waals surface area (Å²) in [4.78, 5) is 0. The number of methoxy groups -OCH3 is 1. The molecule has 0 aromatic carbocycles. The fourth-order valence-corrected chi connectivity index (χ4v) is 2.19. The van der Waals surface area contributed by atoms with Gasteiger partial charge in [-0.25, -0.2) is 0 Å². The second kappa shape index (κ2) is 10.1. The monoisotopic (exact) mass is 231 g/mol. The van der Waals surface area contributed by atoms with E-state index in [2.05, 4.69) is 26.1 Å². The van der Waals surface area contributed by atoms with Gasteiger partial charge in [0.15, 0.2) is 0 Å². The fourth-order valence-electron chi connectivity index (χ4n) is 2.19. The summed E-state index contributed by atoms with van der Waals surface area (Å²) in [5.74, 6) is 0.577. The average molecular weight is 231 g/mol. The molecule has 0 aliphatic rings. The molecule has 0 rings (SSSR count). The summed E-state index contributed by atoms with van der Waals surface area (Å²) >= 11 is 0. The zero-order chi connectivity index (χ0) is 12.4. The van der Waals surface area contributed by atoms with Gasteiger partial charge in [0.05, 0.1) is 6.10 Å². The van der Waals surface area contributed by atoms with Gasteiger partial charge in [-0.05, 0) is 32.7 Å². The van der Waals surface area contributed by atoms with Gasteiger partial charge in [-0.1, -0.05) is 20.3 Å². The molecule has 0 fully saturated rings. The number of likely N-dealkylation sites (N-methyl/N-ethyl adjacent to an activating group) is 1. The van der Waals surface area contributed by atoms with Crippen molar-refractivity contribution < 1.29 is 9.47 Å². The molecule has 98 valence electrons. The predicted molar refractivity (Wildman–Crippen MR) is 68.8 cm³/mol. The van der Waals surface area contributed by atoms with E-state index in [9.17, 15) is 0 Å². The molecule has 1 N–H and O–H groups in total. The minimum absolute atomic E-state index is 0.326. The molecule has 0 saturated carbocycles. The molecule has 0 aromatic rings. The summed E-state index contributed by atoms with van der Waals surface area (Å²) in [5.41, 5.74) is 0. The number of hydrogen-bond acceptors (Lipinski definition) is 3. The summed E-state index contributed by atoms with van der Waals surface area (Å²) in [6.07, 6.45) is 3.69. The van der Waals surface area contributed by atoms with E-state index in [-0.39, 0.29) is 0 Å². The molecule has 0 bridgehead atoms. The van der Waals surface area contributed by atoms with Crippen LogP contribution in [0.2, 0.25) is 0 Å². The van der Waals surface area contributed by atoms with Gasteiger partial charge < -0.3 is 14.8 Å². The van der Waals surface area contributed by atoms with Gasteiger partial charge in [-0.3, -0.25) is 0 Å². The Bertz CT molecular complexity index is 147. The third-order valence-electron chi connectivity index (χ3n) is 3.08. The van der Waals surface area contributed by atoms with Crippen LogP contribution >= 0.6 is 0 Å². The maximum atomic E-state index is 5.83. The molecule has 16 heavy (non-hydrogen) atoms. The maximum Gasteiger partial charge on any atom is 0.0730 e. The van der Waals surface area contributed by atoms with Crippen LogP contribution in [0.25, 0.3) is 0 Å². The summed E-state index contributed by atoms with van der Waals surface area (Å²) in [7, 11) is 3.78. The highest BCUT2D eigenvalue weighted by Crippen LogP contribution is 2.17. The molecule has 0 aliphatic heterocycles. The van der Waals surface area contributed by atoms with Crippen LogP contribution in [0.3, 0.4) is 0 Å². The highest BCUT2D eigenvalue weighted by molar-refractivity contribution is 4.80. The molecule has 3 heteroatoms. The van der Waals surface area contributed by atoms with Crippen molar-refractivity contribution in [2.45, 2.75) is 52.2 Å². The highest BCUT2D eigenvalue weighted by Gasteiger charge is 2.24. The van der Waals surface area contributed by atoms with Gasteiger partial charge in [0, 0.05) is 26.4 Å². The van der Waals surface area contributed by atoms with Crippen LogP contribution in [0.5, 0.6) is 0 Å². The average Bonchev–Trinajstić information content (AvgIpc) is 2.28. The lowest BCUT2D eigenvalue weighted by atomic mass is 9.91. The minimum Gasteiger partial charge on any atom is -0.385 e. The molecule has 3 atom stereocenters. The molecule has 0 amide bonds. The molecule has 0 spiro atoms. The van der Waals surface area contributed by atoms with Crippen molar-refractivity contribution >= 4 is 0 Å². The topological polar surface area (TPSA) is 30.5 Å². The van der Waals surface area contributed by atoms with Crippen LogP contribution in [0.4, 0.5) is 0 Å². The Kier molecular flexibility index (Phi) is 9.99. The molecular formula is C13H29NO2. The van der Waals surface area contributed by atoms with Gasteiger partial charge >= 0.3 is 0 Å². The van der Waals surface area contributed by atoms with E-state index in [1.165, 1.54) is 6.42 Å². The van der Waals surface area contributed by atoms with E-state index in [4.69, 9.17) is 9.47 Å². The van der Waals surface area contributed by atoms with E-state index >= 15 is 0 Å². The van der Waals surface area contributed by atoms with Crippen molar-refractivity contribution in [1.82, 2.24) is 5.32 Å². The van der Waals surface area contributed by atoms with Crippen LogP contribution in [0.1, 0.15) is 40.0 Å². The quantitative estimate of drug-likeness (QED) is 0.626. The summed E-state index contributed by atoms with van der Waals surface area (Å²) < 4.78 is 11.0. The standard InChI is InChI=1S/C13H29NO2/c1-6-8-12(16-7-2)13(14-4)11(3)9-10-15-5/h11-14H,6-10H2,1-5H3. The van der Waals surface area contributed by atoms with E-state index in [0.717, 1.165) is 26.1 Å². The van der Waals surface area contributed by atoms with Crippen molar-refractivity contribution in [3.63, 3.8) is 0 Å². The molecule has 0 radical (unpaired) electrons. The molecular weight excluding hydrogens is 202 g/mol. The Hall–Kier alpha value is -0.120. The molecule has 0 saturated heterocycles. The lowest BCUT2D eigenvalue weighted by Gasteiger charge is -2.31. The minimum atomic E-state index is 0.326. The molecule has 0 aromatic heterocycles.